The Labute approximate surface area is 92.2 Å². The van der Waals surface area contributed by atoms with Crippen LogP contribution in [0.25, 0.3) is 0 Å². The molecule has 0 bridgehead atoms. The van der Waals surface area contributed by atoms with E-state index in [4.69, 9.17) is 0 Å². The molecule has 1 aromatic carbocycles. The summed E-state index contributed by atoms with van der Waals surface area (Å²) in [5.74, 6) is -0.455. The number of alkyl halides is 4. The molecular formula is C9H7BrF4O. The molecule has 0 fully saturated rings. The van der Waals surface area contributed by atoms with Gasteiger partial charge in [0, 0.05) is 4.47 Å². The zero-order chi connectivity index (χ0) is 11.6. The molecule has 6 heteroatoms. The molecule has 0 saturated heterocycles. The number of hydrogen-bond acceptors (Lipinski definition) is 1. The highest BCUT2D eigenvalue weighted by Gasteiger charge is 2.19. The van der Waals surface area contributed by atoms with Gasteiger partial charge in [-0.1, -0.05) is 15.9 Å². The molecule has 0 amide bonds. The zero-order valence-corrected chi connectivity index (χ0v) is 9.19. The van der Waals surface area contributed by atoms with Crippen LogP contribution in [0.1, 0.15) is 17.6 Å². The van der Waals surface area contributed by atoms with E-state index in [0.29, 0.717) is 4.47 Å². The minimum atomic E-state index is -3.11. The Morgan fingerprint density at radius 1 is 1.20 bits per heavy atom. The van der Waals surface area contributed by atoms with E-state index in [0.717, 1.165) is 6.07 Å². The van der Waals surface area contributed by atoms with Gasteiger partial charge in [0.15, 0.2) is 0 Å². The van der Waals surface area contributed by atoms with Gasteiger partial charge in [-0.2, -0.15) is 8.78 Å². The summed E-state index contributed by atoms with van der Waals surface area (Å²) in [5, 5.41) is 0. The monoisotopic (exact) mass is 286 g/mol. The van der Waals surface area contributed by atoms with Crippen LogP contribution in [0, 0.1) is 6.92 Å². The molecule has 0 heterocycles. The van der Waals surface area contributed by atoms with E-state index in [-0.39, 0.29) is 5.56 Å². The van der Waals surface area contributed by atoms with E-state index in [2.05, 4.69) is 20.7 Å². The number of hydrogen-bond donors (Lipinski definition) is 0. The van der Waals surface area contributed by atoms with Crippen molar-refractivity contribution < 1.29 is 22.3 Å². The molecule has 84 valence electrons. The number of halogens is 5. The first kappa shape index (κ1) is 12.3. The van der Waals surface area contributed by atoms with Gasteiger partial charge in [-0.05, 0) is 24.6 Å². The Morgan fingerprint density at radius 2 is 1.80 bits per heavy atom. The van der Waals surface area contributed by atoms with Gasteiger partial charge in [0.25, 0.3) is 6.43 Å². The van der Waals surface area contributed by atoms with Gasteiger partial charge < -0.3 is 4.74 Å². The van der Waals surface area contributed by atoms with Gasteiger partial charge in [-0.3, -0.25) is 0 Å². The van der Waals surface area contributed by atoms with E-state index in [1.54, 1.807) is 0 Å². The number of aryl methyl sites for hydroxylation is 1. The highest BCUT2D eigenvalue weighted by molar-refractivity contribution is 9.10. The van der Waals surface area contributed by atoms with Crippen LogP contribution in [0.4, 0.5) is 17.6 Å². The van der Waals surface area contributed by atoms with Crippen molar-refractivity contribution in [1.82, 2.24) is 0 Å². The van der Waals surface area contributed by atoms with E-state index in [1.807, 2.05) is 0 Å². The smallest absolute Gasteiger partial charge is 0.387 e. The van der Waals surface area contributed by atoms with Gasteiger partial charge in [-0.15, -0.1) is 0 Å². The second-order valence-corrected chi connectivity index (χ2v) is 3.74. The lowest BCUT2D eigenvalue weighted by atomic mass is 10.1. The van der Waals surface area contributed by atoms with Crippen molar-refractivity contribution in [1.29, 1.82) is 0 Å². The van der Waals surface area contributed by atoms with Gasteiger partial charge in [-0.25, -0.2) is 8.78 Å². The molecule has 0 aromatic heterocycles. The maximum Gasteiger partial charge on any atom is 0.387 e. The second-order valence-electron chi connectivity index (χ2n) is 2.82. The lowest BCUT2D eigenvalue weighted by molar-refractivity contribution is -0.0524. The summed E-state index contributed by atoms with van der Waals surface area (Å²) in [6.07, 6.45) is -2.85. The highest BCUT2D eigenvalue weighted by Crippen LogP contribution is 2.35. The normalized spacial score (nSPS) is 11.2. The maximum absolute atomic E-state index is 12.5. The maximum atomic E-state index is 12.5. The van der Waals surface area contributed by atoms with E-state index < -0.39 is 24.3 Å². The van der Waals surface area contributed by atoms with E-state index in [1.165, 1.54) is 13.0 Å². The topological polar surface area (TPSA) is 9.23 Å². The summed E-state index contributed by atoms with van der Waals surface area (Å²) >= 11 is 3.01. The average Bonchev–Trinajstić information content (AvgIpc) is 2.08. The summed E-state index contributed by atoms with van der Waals surface area (Å²) < 4.78 is 53.4. The SMILES string of the molecule is Cc1cc(Br)cc(C(F)F)c1OC(F)F. The van der Waals surface area contributed by atoms with Gasteiger partial charge in [0.1, 0.15) is 5.75 Å². The molecule has 1 rings (SSSR count). The molecule has 0 aliphatic rings. The van der Waals surface area contributed by atoms with Crippen molar-refractivity contribution in [2.75, 3.05) is 0 Å². The summed E-state index contributed by atoms with van der Waals surface area (Å²) in [6, 6.07) is 2.50. The first-order chi connectivity index (χ1) is 6.91. The number of rotatable bonds is 3. The molecule has 0 saturated carbocycles. The van der Waals surface area contributed by atoms with Gasteiger partial charge in [0.05, 0.1) is 5.56 Å². The number of ether oxygens (including phenoxy) is 1. The third-order valence-electron chi connectivity index (χ3n) is 1.71. The predicted molar refractivity (Wildman–Crippen MR) is 50.5 cm³/mol. The summed E-state index contributed by atoms with van der Waals surface area (Å²) in [4.78, 5) is 0. The van der Waals surface area contributed by atoms with E-state index in [9.17, 15) is 17.6 Å². The first-order valence-electron chi connectivity index (χ1n) is 3.95. The summed E-state index contributed by atoms with van der Waals surface area (Å²) in [6.45, 7) is -1.68. The summed E-state index contributed by atoms with van der Waals surface area (Å²) in [7, 11) is 0. The molecule has 0 aliphatic heterocycles. The van der Waals surface area contributed by atoms with Crippen molar-refractivity contribution in [2.24, 2.45) is 0 Å². The lowest BCUT2D eigenvalue weighted by Gasteiger charge is -2.13. The van der Waals surface area contributed by atoms with Gasteiger partial charge in [0.2, 0.25) is 0 Å². The molecule has 0 radical (unpaired) electrons. The fourth-order valence-electron chi connectivity index (χ4n) is 1.17. The molecule has 0 N–H and O–H groups in total. The fourth-order valence-corrected chi connectivity index (χ4v) is 1.76. The zero-order valence-electron chi connectivity index (χ0n) is 7.61. The Hall–Kier alpha value is -0.780. The van der Waals surface area contributed by atoms with Crippen LogP contribution in [0.5, 0.6) is 5.75 Å². The number of benzene rings is 1. The molecule has 0 unspecified atom stereocenters. The van der Waals surface area contributed by atoms with Crippen molar-refractivity contribution in [3.8, 4) is 5.75 Å². The highest BCUT2D eigenvalue weighted by atomic mass is 79.9. The van der Waals surface area contributed by atoms with Crippen LogP contribution < -0.4 is 4.74 Å². The Morgan fingerprint density at radius 3 is 2.27 bits per heavy atom. The van der Waals surface area contributed by atoms with Crippen LogP contribution in [-0.4, -0.2) is 6.61 Å². The Bertz CT molecular complexity index is 354. The van der Waals surface area contributed by atoms with E-state index >= 15 is 0 Å². The van der Waals surface area contributed by atoms with Crippen molar-refractivity contribution in [2.45, 2.75) is 20.0 Å². The lowest BCUT2D eigenvalue weighted by Crippen LogP contribution is -2.06. The molecule has 0 spiro atoms. The minimum Gasteiger partial charge on any atom is -0.434 e. The second kappa shape index (κ2) is 4.83. The largest absolute Gasteiger partial charge is 0.434 e. The third kappa shape index (κ3) is 3.09. The molecule has 1 nitrogen and oxygen atoms in total. The van der Waals surface area contributed by atoms with Crippen LogP contribution in [0.3, 0.4) is 0 Å². The standard InChI is InChI=1S/C9H7BrF4O/c1-4-2-5(10)3-6(8(11)12)7(4)15-9(13)14/h2-3,8-9H,1H3. The molecule has 1 aromatic rings. The van der Waals surface area contributed by atoms with Crippen molar-refractivity contribution in [3.05, 3.63) is 27.7 Å². The van der Waals surface area contributed by atoms with Crippen LogP contribution in [0.15, 0.2) is 16.6 Å². The van der Waals surface area contributed by atoms with Crippen LogP contribution >= 0.6 is 15.9 Å². The minimum absolute atomic E-state index is 0.236. The average molecular weight is 287 g/mol. The first-order valence-corrected chi connectivity index (χ1v) is 4.74. The van der Waals surface area contributed by atoms with Crippen molar-refractivity contribution >= 4 is 15.9 Å². The Balaban J connectivity index is 3.21. The van der Waals surface area contributed by atoms with Gasteiger partial charge >= 0.3 is 6.61 Å². The molecular weight excluding hydrogens is 280 g/mol. The summed E-state index contributed by atoms with van der Waals surface area (Å²) in [5.41, 5.74) is -0.304. The Kier molecular flexibility index (Phi) is 3.96. The molecule has 0 atom stereocenters. The van der Waals surface area contributed by atoms with Crippen LogP contribution in [0.2, 0.25) is 0 Å². The van der Waals surface area contributed by atoms with Crippen molar-refractivity contribution in [3.63, 3.8) is 0 Å². The third-order valence-corrected chi connectivity index (χ3v) is 2.17. The predicted octanol–water partition coefficient (Wildman–Crippen LogP) is 4.30. The molecule has 15 heavy (non-hydrogen) atoms. The quantitative estimate of drug-likeness (QED) is 0.753. The molecule has 0 aliphatic carbocycles. The fraction of sp³-hybridized carbons (Fsp3) is 0.333. The van der Waals surface area contributed by atoms with Crippen LogP contribution in [-0.2, 0) is 0 Å².